The van der Waals surface area contributed by atoms with Gasteiger partial charge < -0.3 is 15.7 Å². The molecule has 102 valence electrons. The van der Waals surface area contributed by atoms with Gasteiger partial charge >= 0.3 is 5.97 Å². The third-order valence-corrected chi connectivity index (χ3v) is 4.24. The summed E-state index contributed by atoms with van der Waals surface area (Å²) in [6.07, 6.45) is 4.12. The van der Waals surface area contributed by atoms with Crippen molar-refractivity contribution in [3.63, 3.8) is 0 Å². The molecule has 0 aromatic heterocycles. The Kier molecular flexibility index (Phi) is 4.22. The Morgan fingerprint density at radius 3 is 2.72 bits per heavy atom. The minimum atomic E-state index is -0.794. The molecule has 2 bridgehead atoms. The first-order chi connectivity index (χ1) is 8.60. The molecule has 0 aliphatic carbocycles. The summed E-state index contributed by atoms with van der Waals surface area (Å²) in [6.45, 7) is 2.44. The van der Waals surface area contributed by atoms with Crippen molar-refractivity contribution in [2.24, 2.45) is 11.8 Å². The van der Waals surface area contributed by atoms with Gasteiger partial charge in [-0.1, -0.05) is 13.3 Å². The highest BCUT2D eigenvalue weighted by molar-refractivity contribution is 5.80. The second-order valence-corrected chi connectivity index (χ2v) is 5.51. The van der Waals surface area contributed by atoms with E-state index in [1.165, 1.54) is 6.42 Å². The number of hydrogen-bond acceptors (Lipinski definition) is 3. The second-order valence-electron chi connectivity index (χ2n) is 5.51. The number of carboxylic acid groups (broad SMARTS) is 1. The third kappa shape index (κ3) is 3.02. The van der Waals surface area contributed by atoms with Crippen LogP contribution in [-0.4, -0.2) is 35.6 Å². The van der Waals surface area contributed by atoms with Gasteiger partial charge in [0.25, 0.3) is 0 Å². The average molecular weight is 254 g/mol. The van der Waals surface area contributed by atoms with Gasteiger partial charge in [-0.15, -0.1) is 0 Å². The van der Waals surface area contributed by atoms with Crippen LogP contribution in [0.1, 0.15) is 39.0 Å². The van der Waals surface area contributed by atoms with Crippen molar-refractivity contribution in [2.45, 2.75) is 51.1 Å². The summed E-state index contributed by atoms with van der Waals surface area (Å²) in [4.78, 5) is 22.7. The Balaban J connectivity index is 1.75. The van der Waals surface area contributed by atoms with Crippen molar-refractivity contribution >= 4 is 11.9 Å². The van der Waals surface area contributed by atoms with Gasteiger partial charge in [0, 0.05) is 25.0 Å². The Morgan fingerprint density at radius 2 is 2.22 bits per heavy atom. The molecule has 0 aromatic carbocycles. The predicted molar refractivity (Wildman–Crippen MR) is 67.1 cm³/mol. The molecule has 4 atom stereocenters. The first-order valence-corrected chi connectivity index (χ1v) is 6.85. The molecule has 0 aromatic rings. The van der Waals surface area contributed by atoms with E-state index < -0.39 is 5.97 Å². The Bertz CT molecular complexity index is 332. The van der Waals surface area contributed by atoms with E-state index in [0.29, 0.717) is 18.6 Å². The molecule has 0 spiro atoms. The van der Waals surface area contributed by atoms with E-state index in [0.717, 1.165) is 19.3 Å². The Labute approximate surface area is 107 Å². The van der Waals surface area contributed by atoms with Gasteiger partial charge in [-0.25, -0.2) is 0 Å². The van der Waals surface area contributed by atoms with Crippen molar-refractivity contribution in [3.8, 4) is 0 Å². The van der Waals surface area contributed by atoms with Crippen molar-refractivity contribution in [3.05, 3.63) is 0 Å². The minimum absolute atomic E-state index is 0.0398. The summed E-state index contributed by atoms with van der Waals surface area (Å²) in [5.41, 5.74) is 0. The molecular weight excluding hydrogens is 232 g/mol. The van der Waals surface area contributed by atoms with E-state index in [2.05, 4.69) is 10.6 Å². The van der Waals surface area contributed by atoms with E-state index >= 15 is 0 Å². The molecule has 5 nitrogen and oxygen atoms in total. The number of carbonyl (C=O) groups is 2. The summed E-state index contributed by atoms with van der Waals surface area (Å²) < 4.78 is 0. The highest BCUT2D eigenvalue weighted by Gasteiger charge is 2.42. The Hall–Kier alpha value is -1.10. The summed E-state index contributed by atoms with van der Waals surface area (Å²) in [7, 11) is 0. The SMILES string of the molecule is CCC(CNC(=O)C1CC2CCC1N2)CC(=O)O. The van der Waals surface area contributed by atoms with Crippen LogP contribution in [0.3, 0.4) is 0 Å². The van der Waals surface area contributed by atoms with E-state index in [1.54, 1.807) is 0 Å². The Morgan fingerprint density at radius 1 is 1.44 bits per heavy atom. The van der Waals surface area contributed by atoms with Gasteiger partial charge in [0.2, 0.25) is 5.91 Å². The number of hydrogen-bond donors (Lipinski definition) is 3. The molecule has 2 aliphatic heterocycles. The minimum Gasteiger partial charge on any atom is -0.481 e. The van der Waals surface area contributed by atoms with Gasteiger partial charge in [0.05, 0.1) is 5.92 Å². The third-order valence-electron chi connectivity index (χ3n) is 4.24. The molecule has 2 fully saturated rings. The molecule has 2 rings (SSSR count). The topological polar surface area (TPSA) is 78.4 Å². The normalized spacial score (nSPS) is 31.3. The van der Waals surface area contributed by atoms with Crippen LogP contribution in [0, 0.1) is 11.8 Å². The van der Waals surface area contributed by atoms with Crippen molar-refractivity contribution in [2.75, 3.05) is 6.54 Å². The lowest BCUT2D eigenvalue weighted by Crippen LogP contribution is -2.39. The molecule has 1 amide bonds. The molecule has 18 heavy (non-hydrogen) atoms. The quantitative estimate of drug-likeness (QED) is 0.653. The van der Waals surface area contributed by atoms with Crippen LogP contribution < -0.4 is 10.6 Å². The lowest BCUT2D eigenvalue weighted by Gasteiger charge is -2.21. The van der Waals surface area contributed by atoms with Crippen LogP contribution in [0.2, 0.25) is 0 Å². The van der Waals surface area contributed by atoms with E-state index in [1.807, 2.05) is 6.92 Å². The zero-order chi connectivity index (χ0) is 13.1. The van der Waals surface area contributed by atoms with Crippen LogP contribution in [0.25, 0.3) is 0 Å². The number of nitrogens with one attached hydrogen (secondary N) is 2. The monoisotopic (exact) mass is 254 g/mol. The lowest BCUT2D eigenvalue weighted by molar-refractivity contribution is -0.138. The highest BCUT2D eigenvalue weighted by atomic mass is 16.4. The van der Waals surface area contributed by atoms with Crippen molar-refractivity contribution in [1.82, 2.24) is 10.6 Å². The second kappa shape index (κ2) is 5.69. The van der Waals surface area contributed by atoms with E-state index in [-0.39, 0.29) is 24.2 Å². The van der Waals surface area contributed by atoms with Crippen molar-refractivity contribution in [1.29, 1.82) is 0 Å². The maximum Gasteiger partial charge on any atom is 0.303 e. The summed E-state index contributed by atoms with van der Waals surface area (Å²) in [6, 6.07) is 0.862. The predicted octanol–water partition coefficient (Wildman–Crippen LogP) is 0.744. The summed E-state index contributed by atoms with van der Waals surface area (Å²) >= 11 is 0. The smallest absolute Gasteiger partial charge is 0.303 e. The number of carboxylic acids is 1. The van der Waals surface area contributed by atoms with Gasteiger partial charge in [0.1, 0.15) is 0 Å². The number of rotatable bonds is 6. The van der Waals surface area contributed by atoms with Crippen LogP contribution in [0.15, 0.2) is 0 Å². The number of carbonyl (C=O) groups excluding carboxylic acids is 1. The molecule has 0 saturated carbocycles. The lowest BCUT2D eigenvalue weighted by atomic mass is 9.88. The zero-order valence-corrected chi connectivity index (χ0v) is 10.8. The maximum atomic E-state index is 12.0. The molecule has 4 unspecified atom stereocenters. The number of aliphatic carboxylic acids is 1. The molecule has 2 aliphatic rings. The van der Waals surface area contributed by atoms with Gasteiger partial charge in [-0.05, 0) is 25.2 Å². The van der Waals surface area contributed by atoms with E-state index in [9.17, 15) is 9.59 Å². The molecular formula is C13H22N2O3. The molecule has 3 N–H and O–H groups in total. The van der Waals surface area contributed by atoms with Crippen LogP contribution in [0.4, 0.5) is 0 Å². The molecule has 5 heteroatoms. The maximum absolute atomic E-state index is 12.0. The number of fused-ring (bicyclic) bond motifs is 2. The summed E-state index contributed by atoms with van der Waals surface area (Å²) in [5.74, 6) is -0.569. The molecule has 2 saturated heterocycles. The van der Waals surface area contributed by atoms with Gasteiger partial charge in [-0.3, -0.25) is 9.59 Å². The number of amides is 1. The highest BCUT2D eigenvalue weighted by Crippen LogP contribution is 2.33. The zero-order valence-electron chi connectivity index (χ0n) is 10.8. The molecule has 2 heterocycles. The average Bonchev–Trinajstić information content (AvgIpc) is 2.95. The van der Waals surface area contributed by atoms with Crippen LogP contribution in [0.5, 0.6) is 0 Å². The first kappa shape index (κ1) is 13.3. The van der Waals surface area contributed by atoms with E-state index in [4.69, 9.17) is 5.11 Å². The molecule has 0 radical (unpaired) electrons. The van der Waals surface area contributed by atoms with Crippen LogP contribution in [-0.2, 0) is 9.59 Å². The first-order valence-electron chi connectivity index (χ1n) is 6.85. The summed E-state index contributed by atoms with van der Waals surface area (Å²) in [5, 5.41) is 15.1. The van der Waals surface area contributed by atoms with Crippen molar-refractivity contribution < 1.29 is 14.7 Å². The fraction of sp³-hybridized carbons (Fsp3) is 0.846. The van der Waals surface area contributed by atoms with Crippen LogP contribution >= 0.6 is 0 Å². The fourth-order valence-electron chi connectivity index (χ4n) is 3.10. The van der Waals surface area contributed by atoms with Gasteiger partial charge in [-0.2, -0.15) is 0 Å². The van der Waals surface area contributed by atoms with Gasteiger partial charge in [0.15, 0.2) is 0 Å². The fourth-order valence-corrected chi connectivity index (χ4v) is 3.10. The largest absolute Gasteiger partial charge is 0.481 e. The standard InChI is InChI=1S/C13H22N2O3/c1-2-8(5-12(16)17)7-14-13(18)10-6-9-3-4-11(10)15-9/h8-11,15H,2-7H2,1H3,(H,14,18)(H,16,17).